The lowest BCUT2D eigenvalue weighted by Crippen LogP contribution is -2.44. The molecule has 0 atom stereocenters. The largest absolute Gasteiger partial charge is 0.543 e. The Hall–Kier alpha value is -1.86. The molecule has 0 radical (unpaired) electrons. The summed E-state index contributed by atoms with van der Waals surface area (Å²) in [6.07, 6.45) is 0. The SMILES string of the molecule is CC(C)(C)[Si](C)(C)Oc1ccc(C(=O)c2ccccc2)c(O[Si](C)(C)C(C)(C)C)c1. The van der Waals surface area contributed by atoms with E-state index in [1.165, 1.54) is 0 Å². The lowest BCUT2D eigenvalue weighted by Gasteiger charge is -2.38. The fourth-order valence-electron chi connectivity index (χ4n) is 2.46. The second kappa shape index (κ2) is 8.35. The van der Waals surface area contributed by atoms with Crippen LogP contribution in [-0.4, -0.2) is 22.4 Å². The topological polar surface area (TPSA) is 35.5 Å². The van der Waals surface area contributed by atoms with E-state index in [1.807, 2.05) is 48.5 Å². The zero-order valence-corrected chi connectivity index (χ0v) is 22.3. The molecule has 0 saturated heterocycles. The van der Waals surface area contributed by atoms with Gasteiger partial charge in [0.25, 0.3) is 8.32 Å². The van der Waals surface area contributed by atoms with Gasteiger partial charge >= 0.3 is 0 Å². The van der Waals surface area contributed by atoms with Crippen LogP contribution in [0.25, 0.3) is 0 Å². The van der Waals surface area contributed by atoms with Crippen molar-refractivity contribution in [1.29, 1.82) is 0 Å². The predicted octanol–water partition coefficient (Wildman–Crippen LogP) is 7.69. The zero-order valence-electron chi connectivity index (χ0n) is 20.3. The molecule has 0 saturated carbocycles. The minimum absolute atomic E-state index is 0.0242. The van der Waals surface area contributed by atoms with Crippen LogP contribution in [-0.2, 0) is 0 Å². The molecule has 0 bridgehead atoms. The maximum Gasteiger partial charge on any atom is 0.250 e. The Morgan fingerprint density at radius 1 is 0.733 bits per heavy atom. The van der Waals surface area contributed by atoms with Crippen LogP contribution in [0.4, 0.5) is 0 Å². The van der Waals surface area contributed by atoms with Crippen LogP contribution in [0.1, 0.15) is 57.5 Å². The molecule has 0 fully saturated rings. The summed E-state index contributed by atoms with van der Waals surface area (Å²) in [6, 6.07) is 15.1. The van der Waals surface area contributed by atoms with Gasteiger partial charge in [0.05, 0.1) is 5.56 Å². The van der Waals surface area contributed by atoms with Crippen molar-refractivity contribution in [3.63, 3.8) is 0 Å². The highest BCUT2D eigenvalue weighted by molar-refractivity contribution is 6.75. The average Bonchev–Trinajstić information content (AvgIpc) is 2.59. The molecular weight excluding hydrogens is 404 g/mol. The van der Waals surface area contributed by atoms with Crippen LogP contribution < -0.4 is 8.85 Å². The van der Waals surface area contributed by atoms with Crippen LogP contribution in [0.5, 0.6) is 11.5 Å². The van der Waals surface area contributed by atoms with E-state index in [-0.39, 0.29) is 15.9 Å². The Balaban J connectivity index is 2.53. The molecular formula is C25H38O3Si2. The first-order valence-corrected chi connectivity index (χ1v) is 16.5. The van der Waals surface area contributed by atoms with Gasteiger partial charge in [-0.2, -0.15) is 0 Å². The molecule has 164 valence electrons. The van der Waals surface area contributed by atoms with Gasteiger partial charge in [-0.05, 0) is 48.4 Å². The van der Waals surface area contributed by atoms with Crippen molar-refractivity contribution in [2.24, 2.45) is 0 Å². The van der Waals surface area contributed by atoms with Gasteiger partial charge in [0.15, 0.2) is 5.78 Å². The molecule has 2 aromatic carbocycles. The van der Waals surface area contributed by atoms with E-state index in [9.17, 15) is 4.79 Å². The van der Waals surface area contributed by atoms with Crippen LogP contribution >= 0.6 is 0 Å². The van der Waals surface area contributed by atoms with Gasteiger partial charge in [-0.15, -0.1) is 0 Å². The van der Waals surface area contributed by atoms with E-state index in [1.54, 1.807) is 0 Å². The summed E-state index contributed by atoms with van der Waals surface area (Å²) in [7, 11) is -4.14. The molecule has 0 aliphatic rings. The molecule has 2 aromatic rings. The minimum Gasteiger partial charge on any atom is -0.543 e. The normalized spacial score (nSPS) is 13.1. The van der Waals surface area contributed by atoms with Crippen molar-refractivity contribution in [3.8, 4) is 11.5 Å². The molecule has 0 aliphatic carbocycles. The summed E-state index contributed by atoms with van der Waals surface area (Å²) in [5.74, 6) is 1.38. The molecule has 0 aromatic heterocycles. The highest BCUT2D eigenvalue weighted by Gasteiger charge is 2.41. The first kappa shape index (κ1) is 24.4. The van der Waals surface area contributed by atoms with E-state index in [0.29, 0.717) is 16.9 Å². The van der Waals surface area contributed by atoms with Crippen molar-refractivity contribution >= 4 is 22.4 Å². The fraction of sp³-hybridized carbons (Fsp3) is 0.480. The summed E-state index contributed by atoms with van der Waals surface area (Å²) >= 11 is 0. The minimum atomic E-state index is -2.14. The lowest BCUT2D eigenvalue weighted by atomic mass is 10.0. The predicted molar refractivity (Wildman–Crippen MR) is 132 cm³/mol. The molecule has 0 amide bonds. The summed E-state index contributed by atoms with van der Waals surface area (Å²) in [6.45, 7) is 22.1. The smallest absolute Gasteiger partial charge is 0.250 e. The van der Waals surface area contributed by atoms with Crippen LogP contribution in [0.2, 0.25) is 36.3 Å². The number of benzene rings is 2. The Bertz CT molecular complexity index is 889. The Morgan fingerprint density at radius 3 is 1.73 bits per heavy atom. The van der Waals surface area contributed by atoms with Gasteiger partial charge in [0.2, 0.25) is 8.32 Å². The summed E-state index contributed by atoms with van der Waals surface area (Å²) in [5, 5.41) is 0.113. The van der Waals surface area contributed by atoms with E-state index in [4.69, 9.17) is 8.85 Å². The first-order valence-electron chi connectivity index (χ1n) is 10.7. The van der Waals surface area contributed by atoms with Crippen LogP contribution in [0.15, 0.2) is 48.5 Å². The van der Waals surface area contributed by atoms with E-state index < -0.39 is 16.6 Å². The fourth-order valence-corrected chi connectivity index (χ4v) is 4.51. The maximum atomic E-state index is 13.3. The Kier molecular flexibility index (Phi) is 6.79. The third kappa shape index (κ3) is 5.44. The highest BCUT2D eigenvalue weighted by atomic mass is 28.4. The molecule has 3 nitrogen and oxygen atoms in total. The molecule has 0 aliphatic heterocycles. The highest BCUT2D eigenvalue weighted by Crippen LogP contribution is 2.41. The quantitative estimate of drug-likeness (QED) is 0.340. The summed E-state index contributed by atoms with van der Waals surface area (Å²) < 4.78 is 13.1. The Morgan fingerprint density at radius 2 is 1.23 bits per heavy atom. The molecule has 0 spiro atoms. The average molecular weight is 443 g/mol. The second-order valence-electron chi connectivity index (χ2n) is 11.1. The van der Waals surface area contributed by atoms with Gasteiger partial charge in [-0.3, -0.25) is 4.79 Å². The number of carbonyl (C=O) groups excluding carboxylic acids is 1. The number of rotatable bonds is 6. The molecule has 2 rings (SSSR count). The van der Waals surface area contributed by atoms with E-state index in [0.717, 1.165) is 5.75 Å². The number of ketones is 1. The number of hydrogen-bond donors (Lipinski definition) is 0. The van der Waals surface area contributed by atoms with Gasteiger partial charge in [0.1, 0.15) is 11.5 Å². The first-order chi connectivity index (χ1) is 13.6. The lowest BCUT2D eigenvalue weighted by molar-refractivity contribution is 0.103. The third-order valence-corrected chi connectivity index (χ3v) is 15.3. The maximum absolute atomic E-state index is 13.3. The van der Waals surface area contributed by atoms with Gasteiger partial charge in [-0.1, -0.05) is 71.9 Å². The monoisotopic (exact) mass is 442 g/mol. The zero-order chi connectivity index (χ0) is 23.0. The number of carbonyl (C=O) groups is 1. The molecule has 0 unspecified atom stereocenters. The summed E-state index contributed by atoms with van der Waals surface area (Å²) in [5.41, 5.74) is 1.25. The molecule has 5 heteroatoms. The Labute approximate surface area is 185 Å². The van der Waals surface area contributed by atoms with Gasteiger partial charge in [0, 0.05) is 11.6 Å². The van der Waals surface area contributed by atoms with Crippen molar-refractivity contribution in [2.75, 3.05) is 0 Å². The van der Waals surface area contributed by atoms with Crippen LogP contribution in [0.3, 0.4) is 0 Å². The molecule has 30 heavy (non-hydrogen) atoms. The third-order valence-electron chi connectivity index (χ3n) is 6.58. The van der Waals surface area contributed by atoms with Crippen molar-refractivity contribution < 1.29 is 13.6 Å². The molecule has 0 N–H and O–H groups in total. The van der Waals surface area contributed by atoms with Crippen molar-refractivity contribution in [1.82, 2.24) is 0 Å². The molecule has 0 heterocycles. The van der Waals surface area contributed by atoms with E-state index >= 15 is 0 Å². The number of hydrogen-bond acceptors (Lipinski definition) is 3. The standard InChI is InChI=1S/C25H38O3Si2/c1-24(2,3)29(7,8)27-20-16-17-21(23(26)19-14-12-11-13-15-19)22(18-20)28-30(9,10)25(4,5)6/h11-18H,1-10H3. The van der Waals surface area contributed by atoms with Gasteiger partial charge < -0.3 is 8.85 Å². The van der Waals surface area contributed by atoms with Crippen molar-refractivity contribution in [3.05, 3.63) is 59.7 Å². The van der Waals surface area contributed by atoms with Crippen molar-refractivity contribution in [2.45, 2.75) is 77.8 Å². The van der Waals surface area contributed by atoms with Gasteiger partial charge in [-0.25, -0.2) is 0 Å². The van der Waals surface area contributed by atoms with Crippen LogP contribution in [0, 0.1) is 0 Å². The van der Waals surface area contributed by atoms with E-state index in [2.05, 4.69) is 67.7 Å². The summed E-state index contributed by atoms with van der Waals surface area (Å²) in [4.78, 5) is 13.3. The second-order valence-corrected chi connectivity index (χ2v) is 20.5.